The number of carboxylic acid groups (broad SMARTS) is 1. The van der Waals surface area contributed by atoms with Gasteiger partial charge in [-0.3, -0.25) is 19.7 Å². The van der Waals surface area contributed by atoms with Crippen molar-refractivity contribution in [3.63, 3.8) is 0 Å². The zero-order valence-corrected chi connectivity index (χ0v) is 11.0. The predicted octanol–water partition coefficient (Wildman–Crippen LogP) is -0.532. The van der Waals surface area contributed by atoms with Gasteiger partial charge in [0, 0.05) is 5.75 Å². The van der Waals surface area contributed by atoms with Crippen molar-refractivity contribution in [3.05, 3.63) is 24.2 Å². The number of nitrogens with one attached hydrogen (secondary N) is 2. The lowest BCUT2D eigenvalue weighted by molar-refractivity contribution is -0.139. The fourth-order valence-electron chi connectivity index (χ4n) is 1.17. The highest BCUT2D eigenvalue weighted by atomic mass is 32.2. The van der Waals surface area contributed by atoms with Gasteiger partial charge in [-0.2, -0.15) is 0 Å². The third kappa shape index (κ3) is 5.14. The number of carbonyl (C=O) groups is 4. The molecular formula is C11H12N2O6S. The average Bonchev–Trinajstić information content (AvgIpc) is 2.91. The van der Waals surface area contributed by atoms with Crippen molar-refractivity contribution in [2.24, 2.45) is 0 Å². The van der Waals surface area contributed by atoms with Crippen LogP contribution in [-0.4, -0.2) is 46.8 Å². The van der Waals surface area contributed by atoms with E-state index < -0.39 is 23.8 Å². The number of carboxylic acids is 1. The van der Waals surface area contributed by atoms with E-state index in [4.69, 9.17) is 9.52 Å². The molecule has 9 heteroatoms. The molecule has 1 atom stereocenters. The summed E-state index contributed by atoms with van der Waals surface area (Å²) in [6, 6.07) is 1.84. The molecule has 0 aromatic carbocycles. The minimum atomic E-state index is -1.20. The van der Waals surface area contributed by atoms with Crippen LogP contribution in [0.25, 0.3) is 0 Å². The van der Waals surface area contributed by atoms with Crippen molar-refractivity contribution in [3.8, 4) is 0 Å². The molecule has 1 unspecified atom stereocenters. The van der Waals surface area contributed by atoms with E-state index in [1.807, 2.05) is 0 Å². The molecule has 0 radical (unpaired) electrons. The first-order chi connectivity index (χ1) is 9.54. The van der Waals surface area contributed by atoms with Crippen molar-refractivity contribution < 1.29 is 28.7 Å². The van der Waals surface area contributed by atoms with Crippen LogP contribution in [0, 0.1) is 0 Å². The maximum atomic E-state index is 11.4. The highest BCUT2D eigenvalue weighted by Gasteiger charge is 2.17. The van der Waals surface area contributed by atoms with E-state index in [0.717, 1.165) is 11.8 Å². The first-order valence-electron chi connectivity index (χ1n) is 5.42. The van der Waals surface area contributed by atoms with Crippen LogP contribution < -0.4 is 10.6 Å². The van der Waals surface area contributed by atoms with E-state index in [-0.39, 0.29) is 23.7 Å². The van der Waals surface area contributed by atoms with Crippen molar-refractivity contribution in [2.45, 2.75) is 6.04 Å². The minimum Gasteiger partial charge on any atom is -0.480 e. The fourth-order valence-corrected chi connectivity index (χ4v) is 2.02. The standard InChI is InChI=1S/C11H12N2O6S/c14-6-12-7(11(17)18)4-20-5-9(15)13-10(16)8-2-1-3-19-8/h1-3,6-7H,4-5H2,(H,12,14)(H,17,18)(H,13,15,16). The third-order valence-corrected chi connectivity index (χ3v) is 3.12. The average molecular weight is 300 g/mol. The highest BCUT2D eigenvalue weighted by molar-refractivity contribution is 8.00. The second-order valence-corrected chi connectivity index (χ2v) is 4.58. The number of furan rings is 1. The van der Waals surface area contributed by atoms with Gasteiger partial charge in [-0.25, -0.2) is 4.79 Å². The molecule has 0 aliphatic heterocycles. The lowest BCUT2D eigenvalue weighted by atomic mass is 10.3. The van der Waals surface area contributed by atoms with E-state index in [2.05, 4.69) is 10.6 Å². The van der Waals surface area contributed by atoms with Crippen LogP contribution >= 0.6 is 11.8 Å². The first-order valence-corrected chi connectivity index (χ1v) is 6.58. The Morgan fingerprint density at radius 3 is 2.75 bits per heavy atom. The summed E-state index contributed by atoms with van der Waals surface area (Å²) in [6.07, 6.45) is 1.58. The largest absolute Gasteiger partial charge is 0.480 e. The summed E-state index contributed by atoms with van der Waals surface area (Å²) >= 11 is 0.980. The smallest absolute Gasteiger partial charge is 0.327 e. The number of carbonyl (C=O) groups excluding carboxylic acids is 3. The zero-order valence-electron chi connectivity index (χ0n) is 10.2. The molecule has 3 N–H and O–H groups in total. The molecule has 0 bridgehead atoms. The van der Waals surface area contributed by atoms with Crippen LogP contribution in [0.2, 0.25) is 0 Å². The quantitative estimate of drug-likeness (QED) is 0.551. The lowest BCUT2D eigenvalue weighted by Crippen LogP contribution is -2.38. The molecule has 0 aliphatic rings. The van der Waals surface area contributed by atoms with E-state index >= 15 is 0 Å². The molecule has 1 aromatic rings. The monoisotopic (exact) mass is 300 g/mol. The molecule has 0 spiro atoms. The van der Waals surface area contributed by atoms with Gasteiger partial charge in [0.2, 0.25) is 12.3 Å². The number of rotatable bonds is 8. The molecule has 0 saturated carbocycles. The topological polar surface area (TPSA) is 126 Å². The van der Waals surface area contributed by atoms with Crippen LogP contribution in [0.1, 0.15) is 10.6 Å². The molecular weight excluding hydrogens is 288 g/mol. The van der Waals surface area contributed by atoms with Crippen molar-refractivity contribution in [2.75, 3.05) is 11.5 Å². The van der Waals surface area contributed by atoms with Crippen LogP contribution in [0.15, 0.2) is 22.8 Å². The summed E-state index contributed by atoms with van der Waals surface area (Å²) in [7, 11) is 0. The van der Waals surface area contributed by atoms with Crippen LogP contribution in [0.5, 0.6) is 0 Å². The van der Waals surface area contributed by atoms with E-state index in [0.29, 0.717) is 0 Å². The number of amides is 3. The normalized spacial score (nSPS) is 11.4. The maximum absolute atomic E-state index is 11.4. The third-order valence-electron chi connectivity index (χ3n) is 2.08. The van der Waals surface area contributed by atoms with Crippen LogP contribution in [0.4, 0.5) is 0 Å². The highest BCUT2D eigenvalue weighted by Crippen LogP contribution is 2.04. The Morgan fingerprint density at radius 1 is 1.45 bits per heavy atom. The van der Waals surface area contributed by atoms with Crippen LogP contribution in [0.3, 0.4) is 0 Å². The number of hydrogen-bond donors (Lipinski definition) is 3. The van der Waals surface area contributed by atoms with Gasteiger partial charge in [-0.1, -0.05) is 0 Å². The van der Waals surface area contributed by atoms with Gasteiger partial charge in [-0.15, -0.1) is 11.8 Å². The predicted molar refractivity (Wildman–Crippen MR) is 69.1 cm³/mol. The number of thioether (sulfide) groups is 1. The lowest BCUT2D eigenvalue weighted by Gasteiger charge is -2.10. The van der Waals surface area contributed by atoms with Crippen molar-refractivity contribution >= 4 is 36.0 Å². The fraction of sp³-hybridized carbons (Fsp3) is 0.273. The Labute approximate surface area is 117 Å². The molecule has 0 fully saturated rings. The molecule has 1 rings (SSSR count). The summed E-state index contributed by atoms with van der Waals surface area (Å²) < 4.78 is 4.80. The summed E-state index contributed by atoms with van der Waals surface area (Å²) in [6.45, 7) is 0. The molecule has 1 heterocycles. The van der Waals surface area contributed by atoms with Gasteiger partial charge in [0.1, 0.15) is 6.04 Å². The Kier molecular flexibility index (Phi) is 6.30. The Bertz CT molecular complexity index is 487. The van der Waals surface area contributed by atoms with E-state index in [9.17, 15) is 19.2 Å². The van der Waals surface area contributed by atoms with Gasteiger partial charge in [-0.05, 0) is 12.1 Å². The van der Waals surface area contributed by atoms with E-state index in [1.165, 1.54) is 18.4 Å². The maximum Gasteiger partial charge on any atom is 0.327 e. The van der Waals surface area contributed by atoms with Gasteiger partial charge in [0.25, 0.3) is 5.91 Å². The summed E-state index contributed by atoms with van der Waals surface area (Å²) in [5.74, 6) is -2.54. The second kappa shape index (κ2) is 8.00. The summed E-state index contributed by atoms with van der Waals surface area (Å²) in [5, 5.41) is 12.9. The summed E-state index contributed by atoms with van der Waals surface area (Å²) in [4.78, 5) is 43.7. The van der Waals surface area contributed by atoms with Crippen LogP contribution in [-0.2, 0) is 14.4 Å². The van der Waals surface area contributed by atoms with Gasteiger partial charge < -0.3 is 14.8 Å². The Hall–Kier alpha value is -2.29. The number of imide groups is 1. The number of hydrogen-bond acceptors (Lipinski definition) is 6. The molecule has 8 nitrogen and oxygen atoms in total. The van der Waals surface area contributed by atoms with Crippen molar-refractivity contribution in [1.82, 2.24) is 10.6 Å². The van der Waals surface area contributed by atoms with E-state index in [1.54, 1.807) is 0 Å². The Balaban J connectivity index is 2.31. The van der Waals surface area contributed by atoms with Gasteiger partial charge in [0.05, 0.1) is 12.0 Å². The number of aliphatic carboxylic acids is 1. The first kappa shape index (κ1) is 15.8. The molecule has 0 saturated heterocycles. The zero-order chi connectivity index (χ0) is 15.0. The van der Waals surface area contributed by atoms with Gasteiger partial charge >= 0.3 is 5.97 Å². The Morgan fingerprint density at radius 2 is 2.20 bits per heavy atom. The van der Waals surface area contributed by atoms with Gasteiger partial charge in [0.15, 0.2) is 5.76 Å². The molecule has 108 valence electrons. The second-order valence-electron chi connectivity index (χ2n) is 3.55. The SMILES string of the molecule is O=CNC(CSCC(=O)NC(=O)c1ccco1)C(=O)O. The molecule has 3 amide bonds. The molecule has 1 aromatic heterocycles. The minimum absolute atomic E-state index is 0.00869. The molecule has 20 heavy (non-hydrogen) atoms. The molecule has 0 aliphatic carbocycles. The van der Waals surface area contributed by atoms with Crippen molar-refractivity contribution in [1.29, 1.82) is 0 Å². The summed E-state index contributed by atoms with van der Waals surface area (Å²) in [5.41, 5.74) is 0.